The fourth-order valence-electron chi connectivity index (χ4n) is 1.35. The fraction of sp³-hybridized carbons (Fsp3) is 0.308. The Bertz CT molecular complexity index is 504. The van der Waals surface area contributed by atoms with Gasteiger partial charge in [0.05, 0.1) is 18.1 Å². The van der Waals surface area contributed by atoms with E-state index in [0.717, 1.165) is 11.8 Å². The molecule has 3 N–H and O–H groups in total. The molecule has 0 atom stereocenters. The maximum atomic E-state index is 11.5. The van der Waals surface area contributed by atoms with Crippen LogP contribution < -0.4 is 10.6 Å². The quantitative estimate of drug-likeness (QED) is 0.711. The lowest BCUT2D eigenvalue weighted by atomic mass is 10.3. The second-order valence-electron chi connectivity index (χ2n) is 3.86. The number of benzene rings is 1. The van der Waals surface area contributed by atoms with Gasteiger partial charge in [0.1, 0.15) is 0 Å². The molecule has 114 valence electrons. The van der Waals surface area contributed by atoms with Crippen LogP contribution in [0.15, 0.2) is 24.3 Å². The molecule has 21 heavy (non-hydrogen) atoms. The van der Waals surface area contributed by atoms with Crippen molar-refractivity contribution in [3.63, 3.8) is 0 Å². The number of carbonyl (C=O) groups is 3. The van der Waals surface area contributed by atoms with Crippen molar-refractivity contribution in [1.82, 2.24) is 0 Å². The number of thioether (sulfide) groups is 1. The standard InChI is InChI=1S/C13H16N2O5S/c1-2-20-13(19)15-10-5-3-9(4-6-10)14-11(16)7-21-8-12(17)18/h3-6H,2,7-8H2,1H3,(H,14,16)(H,15,19)(H,17,18). The van der Waals surface area contributed by atoms with Gasteiger partial charge in [-0.2, -0.15) is 0 Å². The maximum absolute atomic E-state index is 11.5. The van der Waals surface area contributed by atoms with E-state index >= 15 is 0 Å². The second kappa shape index (κ2) is 8.85. The van der Waals surface area contributed by atoms with Crippen LogP contribution in [0.3, 0.4) is 0 Å². The van der Waals surface area contributed by atoms with Gasteiger partial charge in [-0.25, -0.2) is 4.79 Å². The van der Waals surface area contributed by atoms with Crippen LogP contribution in [-0.4, -0.2) is 41.2 Å². The first-order valence-corrected chi connectivity index (χ1v) is 7.30. The van der Waals surface area contributed by atoms with Gasteiger partial charge in [0, 0.05) is 11.4 Å². The van der Waals surface area contributed by atoms with Crippen molar-refractivity contribution in [1.29, 1.82) is 0 Å². The first kappa shape index (κ1) is 16.8. The number of rotatable bonds is 7. The van der Waals surface area contributed by atoms with Crippen molar-refractivity contribution < 1.29 is 24.2 Å². The van der Waals surface area contributed by atoms with Crippen LogP contribution in [0.2, 0.25) is 0 Å². The third kappa shape index (κ3) is 7.21. The molecule has 0 aliphatic rings. The van der Waals surface area contributed by atoms with Crippen molar-refractivity contribution in [2.45, 2.75) is 6.92 Å². The summed E-state index contributed by atoms with van der Waals surface area (Å²) in [6, 6.07) is 6.50. The molecule has 1 aromatic rings. The van der Waals surface area contributed by atoms with Crippen LogP contribution in [0.1, 0.15) is 6.92 Å². The molecule has 0 spiro atoms. The van der Waals surface area contributed by atoms with Gasteiger partial charge in [0.25, 0.3) is 0 Å². The summed E-state index contributed by atoms with van der Waals surface area (Å²) < 4.78 is 4.73. The molecule has 8 heteroatoms. The summed E-state index contributed by atoms with van der Waals surface area (Å²) in [4.78, 5) is 33.0. The largest absolute Gasteiger partial charge is 0.481 e. The molecule has 0 heterocycles. The first-order valence-electron chi connectivity index (χ1n) is 6.14. The molecule has 0 radical (unpaired) electrons. The van der Waals surface area contributed by atoms with Gasteiger partial charge in [-0.05, 0) is 31.2 Å². The van der Waals surface area contributed by atoms with Crippen LogP contribution in [0.4, 0.5) is 16.2 Å². The van der Waals surface area contributed by atoms with Crippen molar-refractivity contribution in [3.8, 4) is 0 Å². The number of anilines is 2. The van der Waals surface area contributed by atoms with Crippen LogP contribution in [-0.2, 0) is 14.3 Å². The zero-order valence-corrected chi connectivity index (χ0v) is 12.2. The highest BCUT2D eigenvalue weighted by atomic mass is 32.2. The van der Waals surface area contributed by atoms with Gasteiger partial charge < -0.3 is 15.2 Å². The Balaban J connectivity index is 2.41. The molecule has 1 aromatic carbocycles. The first-order chi connectivity index (χ1) is 10.0. The van der Waals surface area contributed by atoms with Crippen molar-refractivity contribution >= 4 is 41.1 Å². The van der Waals surface area contributed by atoms with Gasteiger partial charge in [-0.3, -0.25) is 14.9 Å². The Morgan fingerprint density at radius 2 is 1.67 bits per heavy atom. The number of carbonyl (C=O) groups excluding carboxylic acids is 2. The topological polar surface area (TPSA) is 105 Å². The minimum atomic E-state index is -0.956. The number of carboxylic acids is 1. The molecule has 0 unspecified atom stereocenters. The van der Waals surface area contributed by atoms with Crippen LogP contribution in [0.25, 0.3) is 0 Å². The molecule has 7 nitrogen and oxygen atoms in total. The summed E-state index contributed by atoms with van der Waals surface area (Å²) in [5.41, 5.74) is 1.11. The number of hydrogen-bond donors (Lipinski definition) is 3. The average molecular weight is 312 g/mol. The van der Waals surface area contributed by atoms with E-state index in [1.165, 1.54) is 0 Å². The molecule has 0 fully saturated rings. The summed E-state index contributed by atoms with van der Waals surface area (Å²) in [5, 5.41) is 13.6. The summed E-state index contributed by atoms with van der Waals surface area (Å²) in [5.74, 6) is -1.29. The minimum absolute atomic E-state index is 0.0646. The van der Waals surface area contributed by atoms with Crippen molar-refractivity contribution in [2.75, 3.05) is 28.7 Å². The zero-order valence-electron chi connectivity index (χ0n) is 11.4. The average Bonchev–Trinajstić information content (AvgIpc) is 2.41. The number of amides is 2. The second-order valence-corrected chi connectivity index (χ2v) is 4.84. The van der Waals surface area contributed by atoms with Gasteiger partial charge >= 0.3 is 12.1 Å². The molecule has 0 aliphatic heterocycles. The number of aliphatic carboxylic acids is 1. The molecule has 0 aromatic heterocycles. The van der Waals surface area contributed by atoms with Crippen molar-refractivity contribution in [2.24, 2.45) is 0 Å². The predicted molar refractivity (Wildman–Crippen MR) is 80.7 cm³/mol. The molecule has 0 saturated heterocycles. The van der Waals surface area contributed by atoms with E-state index in [4.69, 9.17) is 9.84 Å². The highest BCUT2D eigenvalue weighted by Crippen LogP contribution is 2.14. The third-order valence-electron chi connectivity index (χ3n) is 2.15. The molecule has 0 bridgehead atoms. The van der Waals surface area contributed by atoms with E-state index in [9.17, 15) is 14.4 Å². The molecule has 0 aliphatic carbocycles. The molecule has 0 saturated carbocycles. The summed E-state index contributed by atoms with van der Waals surface area (Å²) in [7, 11) is 0. The van der Waals surface area contributed by atoms with Crippen LogP contribution in [0.5, 0.6) is 0 Å². The lowest BCUT2D eigenvalue weighted by Crippen LogP contribution is -2.16. The summed E-state index contributed by atoms with van der Waals surface area (Å²) >= 11 is 1.02. The minimum Gasteiger partial charge on any atom is -0.481 e. The smallest absolute Gasteiger partial charge is 0.411 e. The van der Waals surface area contributed by atoms with E-state index < -0.39 is 12.1 Å². The Labute approximate surface area is 126 Å². The highest BCUT2D eigenvalue weighted by molar-refractivity contribution is 8.00. The van der Waals surface area contributed by atoms with E-state index in [1.54, 1.807) is 31.2 Å². The molecule has 1 rings (SSSR count). The Morgan fingerprint density at radius 3 is 2.19 bits per heavy atom. The lowest BCUT2D eigenvalue weighted by Gasteiger charge is -2.07. The van der Waals surface area contributed by atoms with E-state index in [0.29, 0.717) is 11.4 Å². The fourth-order valence-corrected chi connectivity index (χ4v) is 1.88. The van der Waals surface area contributed by atoms with Gasteiger partial charge in [-0.1, -0.05) is 0 Å². The lowest BCUT2D eigenvalue weighted by molar-refractivity contribution is -0.133. The Hall–Kier alpha value is -2.22. The normalized spacial score (nSPS) is 9.76. The number of ether oxygens (including phenoxy) is 1. The third-order valence-corrected chi connectivity index (χ3v) is 3.07. The number of hydrogen-bond acceptors (Lipinski definition) is 5. The van der Waals surface area contributed by atoms with Gasteiger partial charge in [0.2, 0.25) is 5.91 Å². The van der Waals surface area contributed by atoms with Gasteiger partial charge in [-0.15, -0.1) is 11.8 Å². The molecule has 2 amide bonds. The monoisotopic (exact) mass is 312 g/mol. The predicted octanol–water partition coefficient (Wildman–Crippen LogP) is 2.01. The number of carboxylic acid groups (broad SMARTS) is 1. The van der Waals surface area contributed by atoms with E-state index in [-0.39, 0.29) is 24.0 Å². The number of nitrogens with one attached hydrogen (secondary N) is 2. The van der Waals surface area contributed by atoms with E-state index in [1.807, 2.05) is 0 Å². The van der Waals surface area contributed by atoms with Crippen LogP contribution >= 0.6 is 11.8 Å². The van der Waals surface area contributed by atoms with Crippen LogP contribution in [0, 0.1) is 0 Å². The summed E-state index contributed by atoms with van der Waals surface area (Å²) in [6.45, 7) is 1.99. The summed E-state index contributed by atoms with van der Waals surface area (Å²) in [6.07, 6.45) is -0.542. The zero-order chi connectivity index (χ0) is 15.7. The van der Waals surface area contributed by atoms with Gasteiger partial charge in [0.15, 0.2) is 0 Å². The maximum Gasteiger partial charge on any atom is 0.411 e. The SMILES string of the molecule is CCOC(=O)Nc1ccc(NC(=O)CSCC(=O)O)cc1. The molecular weight excluding hydrogens is 296 g/mol. The Morgan fingerprint density at radius 1 is 1.10 bits per heavy atom. The van der Waals surface area contributed by atoms with E-state index in [2.05, 4.69) is 10.6 Å². The van der Waals surface area contributed by atoms with Crippen molar-refractivity contribution in [3.05, 3.63) is 24.3 Å². The molecular formula is C13H16N2O5S. The highest BCUT2D eigenvalue weighted by Gasteiger charge is 2.06. The Kier molecular flexibility index (Phi) is 7.10.